The maximum absolute atomic E-state index is 14.6. The number of thiophene rings is 1. The third-order valence-corrected chi connectivity index (χ3v) is 9.25. The average Bonchev–Trinajstić information content (AvgIpc) is 3.68. The number of fused-ring (bicyclic) bond motifs is 2. The molecule has 0 radical (unpaired) electrons. The van der Waals surface area contributed by atoms with Crippen LogP contribution in [0.25, 0.3) is 26.9 Å². The molecule has 2 atom stereocenters. The van der Waals surface area contributed by atoms with Gasteiger partial charge in [0.15, 0.2) is 5.82 Å². The fourth-order valence-electron chi connectivity index (χ4n) is 5.55. The van der Waals surface area contributed by atoms with Gasteiger partial charge in [0, 0.05) is 24.0 Å². The molecule has 216 valence electrons. The molecule has 12 heteroatoms. The normalized spacial score (nSPS) is 18.8. The second-order valence-electron chi connectivity index (χ2n) is 10.6. The minimum atomic E-state index is -0.938. The van der Waals surface area contributed by atoms with E-state index in [4.69, 9.17) is 30.5 Å². The van der Waals surface area contributed by atoms with Gasteiger partial charge in [-0.05, 0) is 55.4 Å². The first-order valence-electron chi connectivity index (χ1n) is 13.8. The number of rotatable bonds is 9. The minimum absolute atomic E-state index is 0.0691. The molecule has 7 rings (SSSR count). The Hall–Kier alpha value is -3.80. The van der Waals surface area contributed by atoms with E-state index in [1.807, 2.05) is 0 Å². The van der Waals surface area contributed by atoms with Crippen LogP contribution in [-0.2, 0) is 24.3 Å². The molecular formula is C30H26ClFN4O5S. The van der Waals surface area contributed by atoms with Crippen LogP contribution >= 0.6 is 22.9 Å². The first-order chi connectivity index (χ1) is 20.4. The van der Waals surface area contributed by atoms with E-state index in [9.17, 15) is 14.3 Å². The molecule has 2 aliphatic rings. The molecule has 0 spiro atoms. The van der Waals surface area contributed by atoms with Gasteiger partial charge in [-0.25, -0.2) is 14.8 Å². The number of aromatic carboxylic acids is 1. The number of nitrogens with zero attached hydrogens (tertiary/aromatic N) is 4. The summed E-state index contributed by atoms with van der Waals surface area (Å²) in [6.07, 6.45) is 9.13. The lowest BCUT2D eigenvalue weighted by molar-refractivity contribution is -0.0590. The van der Waals surface area contributed by atoms with E-state index in [-0.39, 0.29) is 23.5 Å². The Morgan fingerprint density at radius 1 is 1.26 bits per heavy atom. The minimum Gasteiger partial charge on any atom is -0.477 e. The van der Waals surface area contributed by atoms with E-state index in [1.54, 1.807) is 30.5 Å². The van der Waals surface area contributed by atoms with Crippen molar-refractivity contribution in [3.05, 3.63) is 75.7 Å². The average molecular weight is 609 g/mol. The number of furan rings is 1. The zero-order valence-electron chi connectivity index (χ0n) is 22.4. The number of halogens is 2. The van der Waals surface area contributed by atoms with Crippen LogP contribution in [0, 0.1) is 11.7 Å². The van der Waals surface area contributed by atoms with Gasteiger partial charge < -0.3 is 23.6 Å². The monoisotopic (exact) mass is 608 g/mol. The zero-order valence-corrected chi connectivity index (χ0v) is 24.0. The maximum atomic E-state index is 14.6. The fourth-order valence-corrected chi connectivity index (χ4v) is 6.65. The van der Waals surface area contributed by atoms with E-state index in [0.29, 0.717) is 28.9 Å². The highest BCUT2D eigenvalue weighted by atomic mass is 35.5. The topological polar surface area (TPSA) is 113 Å². The van der Waals surface area contributed by atoms with Gasteiger partial charge in [-0.3, -0.25) is 0 Å². The van der Waals surface area contributed by atoms with Crippen LogP contribution in [-0.4, -0.2) is 43.3 Å². The smallest absolute Gasteiger partial charge is 0.346 e. The number of carboxylic acid groups (broad SMARTS) is 1. The molecule has 0 amide bonds. The van der Waals surface area contributed by atoms with E-state index in [0.717, 1.165) is 77.6 Å². The van der Waals surface area contributed by atoms with Gasteiger partial charge in [-0.2, -0.15) is 9.37 Å². The number of carboxylic acids is 1. The lowest BCUT2D eigenvalue weighted by atomic mass is 9.87. The van der Waals surface area contributed by atoms with Gasteiger partial charge >= 0.3 is 5.97 Å². The van der Waals surface area contributed by atoms with Crippen LogP contribution in [0.2, 0.25) is 5.02 Å². The van der Waals surface area contributed by atoms with Crippen molar-refractivity contribution in [2.75, 3.05) is 6.61 Å². The van der Waals surface area contributed by atoms with Crippen molar-refractivity contribution in [3.63, 3.8) is 0 Å². The van der Waals surface area contributed by atoms with Gasteiger partial charge in [-0.15, -0.1) is 11.3 Å². The second-order valence-corrected chi connectivity index (χ2v) is 12.0. The van der Waals surface area contributed by atoms with Crippen molar-refractivity contribution in [2.45, 2.75) is 51.4 Å². The van der Waals surface area contributed by atoms with Crippen LogP contribution in [0.4, 0.5) is 4.39 Å². The molecule has 4 aromatic heterocycles. The van der Waals surface area contributed by atoms with Gasteiger partial charge in [0.05, 0.1) is 35.6 Å². The first-order valence-corrected chi connectivity index (χ1v) is 15.0. The van der Waals surface area contributed by atoms with Crippen molar-refractivity contribution in [3.8, 4) is 5.88 Å². The molecule has 0 bridgehead atoms. The van der Waals surface area contributed by atoms with Gasteiger partial charge in [0.1, 0.15) is 27.7 Å². The summed E-state index contributed by atoms with van der Waals surface area (Å²) in [6, 6.07) is 7.04. The Morgan fingerprint density at radius 3 is 2.90 bits per heavy atom. The Morgan fingerprint density at radius 2 is 2.14 bits per heavy atom. The quantitative estimate of drug-likeness (QED) is 0.192. The van der Waals surface area contributed by atoms with E-state index < -0.39 is 11.8 Å². The van der Waals surface area contributed by atoms with E-state index in [2.05, 4.69) is 20.6 Å². The van der Waals surface area contributed by atoms with Crippen LogP contribution in [0.3, 0.4) is 0 Å². The predicted octanol–water partition coefficient (Wildman–Crippen LogP) is 6.92. The van der Waals surface area contributed by atoms with E-state index >= 15 is 0 Å². The van der Waals surface area contributed by atoms with Gasteiger partial charge in [-0.1, -0.05) is 23.7 Å². The first kappa shape index (κ1) is 27.1. The predicted molar refractivity (Wildman–Crippen MR) is 155 cm³/mol. The van der Waals surface area contributed by atoms with Crippen LogP contribution in [0.5, 0.6) is 5.88 Å². The number of ether oxygens (including phenoxy) is 2. The van der Waals surface area contributed by atoms with Crippen LogP contribution in [0.15, 0.2) is 47.2 Å². The maximum Gasteiger partial charge on any atom is 0.346 e. The standard InChI is InChI=1S/C30H26ClFN4O5S/c31-21-6-5-18(26-20(21)8-10-40-26)15-41-28-22(32)13-33-27(35-28)17-3-1-16(2-4-17)11-25-34-29-23(12-24(42-29)30(37)38)36(25)14-19-7-9-39-19/h3,5-6,8,10,12-13,16,19H,1-2,4,7,9,11,14-15H2,(H,37,38)/t16?,19-/m0/s1. The molecule has 1 aliphatic heterocycles. The zero-order chi connectivity index (χ0) is 28.8. The number of imidazole rings is 1. The molecule has 1 aliphatic carbocycles. The second kappa shape index (κ2) is 11.1. The SMILES string of the molecule is O=C(O)c1cc2c(nc(CC3CC=C(c4ncc(F)c(OCc5ccc(Cl)c6ccoc56)n4)CC3)n2C[C@@H]2CCO2)s1. The summed E-state index contributed by atoms with van der Waals surface area (Å²) in [5.74, 6) is 0.0700. The third kappa shape index (κ3) is 5.16. The number of allylic oxidation sites excluding steroid dienone is 2. The summed E-state index contributed by atoms with van der Waals surface area (Å²) < 4.78 is 33.7. The lowest BCUT2D eigenvalue weighted by Crippen LogP contribution is -2.32. The Labute approximate surface area is 248 Å². The van der Waals surface area contributed by atoms with Crippen LogP contribution in [0.1, 0.15) is 52.6 Å². The molecule has 1 unspecified atom stereocenters. The summed E-state index contributed by atoms with van der Waals surface area (Å²) >= 11 is 7.43. The summed E-state index contributed by atoms with van der Waals surface area (Å²) in [5.41, 5.74) is 3.14. The Bertz CT molecular complexity index is 1840. The summed E-state index contributed by atoms with van der Waals surface area (Å²) in [7, 11) is 0. The molecule has 1 saturated heterocycles. The Balaban J connectivity index is 1.05. The molecule has 1 fully saturated rings. The lowest BCUT2D eigenvalue weighted by Gasteiger charge is -2.28. The van der Waals surface area contributed by atoms with Crippen molar-refractivity contribution < 1.29 is 28.2 Å². The third-order valence-electron chi connectivity index (χ3n) is 7.92. The summed E-state index contributed by atoms with van der Waals surface area (Å²) in [6.45, 7) is 1.49. The summed E-state index contributed by atoms with van der Waals surface area (Å²) in [5, 5.41) is 10.8. The molecule has 1 N–H and O–H groups in total. The van der Waals surface area contributed by atoms with Crippen molar-refractivity contribution in [2.24, 2.45) is 5.92 Å². The molecule has 0 saturated carbocycles. The van der Waals surface area contributed by atoms with Gasteiger partial charge in [0.2, 0.25) is 5.82 Å². The number of hydrogen-bond donors (Lipinski definition) is 1. The Kier molecular flexibility index (Phi) is 7.17. The number of hydrogen-bond acceptors (Lipinski definition) is 8. The molecule has 5 heterocycles. The largest absolute Gasteiger partial charge is 0.477 e. The van der Waals surface area contributed by atoms with E-state index in [1.165, 1.54) is 11.3 Å². The highest BCUT2D eigenvalue weighted by Gasteiger charge is 2.26. The highest BCUT2D eigenvalue weighted by Crippen LogP contribution is 2.34. The number of aromatic nitrogens is 4. The molecule has 1 aromatic carbocycles. The fraction of sp³-hybridized carbons (Fsp3) is 0.333. The van der Waals surface area contributed by atoms with Crippen molar-refractivity contribution >= 4 is 55.8 Å². The number of carbonyl (C=O) groups is 1. The molecular weight excluding hydrogens is 583 g/mol. The molecule has 42 heavy (non-hydrogen) atoms. The molecule has 5 aromatic rings. The van der Waals surface area contributed by atoms with Crippen molar-refractivity contribution in [1.82, 2.24) is 19.5 Å². The number of benzene rings is 1. The molecule has 9 nitrogen and oxygen atoms in total. The van der Waals surface area contributed by atoms with Crippen molar-refractivity contribution in [1.29, 1.82) is 0 Å². The van der Waals surface area contributed by atoms with Crippen LogP contribution < -0.4 is 4.74 Å². The summed E-state index contributed by atoms with van der Waals surface area (Å²) in [4.78, 5) is 26.0. The van der Waals surface area contributed by atoms with Gasteiger partial charge in [0.25, 0.3) is 5.88 Å². The highest BCUT2D eigenvalue weighted by molar-refractivity contribution is 7.20.